The number of amides is 1. The lowest BCUT2D eigenvalue weighted by Crippen LogP contribution is -2.10. The van der Waals surface area contributed by atoms with Crippen LogP contribution in [0.4, 0.5) is 5.69 Å². The fourth-order valence-corrected chi connectivity index (χ4v) is 3.08. The number of nitrogens with one attached hydrogen (secondary N) is 1. The first-order valence-corrected chi connectivity index (χ1v) is 9.82. The van der Waals surface area contributed by atoms with Crippen LogP contribution in [0.15, 0.2) is 83.5 Å². The second-order valence-electron chi connectivity index (χ2n) is 7.00. The zero-order chi connectivity index (χ0) is 20.8. The third kappa shape index (κ3) is 4.97. The smallest absolute Gasteiger partial charge is 0.291 e. The Hall–Kier alpha value is -3.80. The molecule has 0 saturated heterocycles. The molecule has 152 valence electrons. The number of aryl methyl sites for hydroxylation is 3. The summed E-state index contributed by atoms with van der Waals surface area (Å²) >= 11 is 0. The zero-order valence-electron chi connectivity index (χ0n) is 16.7. The number of ether oxygens (including phenoxy) is 1. The van der Waals surface area contributed by atoms with Crippen LogP contribution in [0.3, 0.4) is 0 Å². The molecule has 1 amide bonds. The predicted molar refractivity (Wildman–Crippen MR) is 115 cm³/mol. The average molecular weight is 401 g/mol. The van der Waals surface area contributed by atoms with E-state index in [0.717, 1.165) is 24.3 Å². The molecule has 0 bridgehead atoms. The summed E-state index contributed by atoms with van der Waals surface area (Å²) in [6.07, 6.45) is 4.32. The standard InChI is InChI=1S/C24H23N3O3/c1-18-7-5-6-10-22(18)29-17-21-11-12-23(30-21)24(28)26-20-15-25-27(16-20)14-13-19-8-3-2-4-9-19/h2-12,15-16H,13-14,17H2,1H3,(H,26,28). The Morgan fingerprint density at radius 3 is 2.70 bits per heavy atom. The summed E-state index contributed by atoms with van der Waals surface area (Å²) in [5.41, 5.74) is 2.92. The summed E-state index contributed by atoms with van der Waals surface area (Å²) in [6.45, 7) is 2.98. The Morgan fingerprint density at radius 2 is 1.87 bits per heavy atom. The van der Waals surface area contributed by atoms with E-state index in [9.17, 15) is 4.79 Å². The second-order valence-corrected chi connectivity index (χ2v) is 7.00. The van der Waals surface area contributed by atoms with Gasteiger partial charge in [0, 0.05) is 12.7 Å². The molecule has 0 saturated carbocycles. The third-order valence-corrected chi connectivity index (χ3v) is 4.71. The Bertz CT molecular complexity index is 1120. The van der Waals surface area contributed by atoms with Crippen LogP contribution >= 0.6 is 0 Å². The number of furan rings is 1. The number of hydrogen-bond acceptors (Lipinski definition) is 4. The van der Waals surface area contributed by atoms with Crippen LogP contribution in [0, 0.1) is 6.92 Å². The first-order valence-electron chi connectivity index (χ1n) is 9.82. The highest BCUT2D eigenvalue weighted by Crippen LogP contribution is 2.19. The van der Waals surface area contributed by atoms with Gasteiger partial charge in [-0.05, 0) is 42.7 Å². The molecule has 0 aliphatic heterocycles. The zero-order valence-corrected chi connectivity index (χ0v) is 16.7. The van der Waals surface area contributed by atoms with Crippen LogP contribution in [0.1, 0.15) is 27.4 Å². The van der Waals surface area contributed by atoms with Gasteiger partial charge in [-0.3, -0.25) is 9.48 Å². The van der Waals surface area contributed by atoms with Gasteiger partial charge in [-0.1, -0.05) is 48.5 Å². The molecule has 0 aliphatic rings. The van der Waals surface area contributed by atoms with Gasteiger partial charge in [0.25, 0.3) is 5.91 Å². The van der Waals surface area contributed by atoms with Gasteiger partial charge >= 0.3 is 0 Å². The Balaban J connectivity index is 1.30. The third-order valence-electron chi connectivity index (χ3n) is 4.71. The summed E-state index contributed by atoms with van der Waals surface area (Å²) in [5.74, 6) is 1.29. The minimum Gasteiger partial charge on any atom is -0.485 e. The summed E-state index contributed by atoms with van der Waals surface area (Å²) < 4.78 is 13.2. The predicted octanol–water partition coefficient (Wildman–Crippen LogP) is 4.86. The van der Waals surface area contributed by atoms with Crippen molar-refractivity contribution >= 4 is 11.6 Å². The van der Waals surface area contributed by atoms with E-state index in [4.69, 9.17) is 9.15 Å². The van der Waals surface area contributed by atoms with Crippen molar-refractivity contribution in [3.63, 3.8) is 0 Å². The fourth-order valence-electron chi connectivity index (χ4n) is 3.08. The molecule has 6 heteroatoms. The van der Waals surface area contributed by atoms with E-state index < -0.39 is 0 Å². The van der Waals surface area contributed by atoms with Crippen LogP contribution in [0.2, 0.25) is 0 Å². The van der Waals surface area contributed by atoms with Gasteiger partial charge in [0.1, 0.15) is 18.1 Å². The molecule has 0 unspecified atom stereocenters. The van der Waals surface area contributed by atoms with Crippen LogP contribution in [0.25, 0.3) is 0 Å². The Morgan fingerprint density at radius 1 is 1.07 bits per heavy atom. The lowest BCUT2D eigenvalue weighted by molar-refractivity contribution is 0.0992. The maximum atomic E-state index is 12.5. The topological polar surface area (TPSA) is 69.3 Å². The number of para-hydroxylation sites is 1. The molecular weight excluding hydrogens is 378 g/mol. The summed E-state index contributed by atoms with van der Waals surface area (Å²) in [7, 11) is 0. The molecular formula is C24H23N3O3. The molecule has 0 aliphatic carbocycles. The molecule has 1 N–H and O–H groups in total. The van der Waals surface area contributed by atoms with Crippen molar-refractivity contribution in [3.8, 4) is 5.75 Å². The maximum absolute atomic E-state index is 12.5. The average Bonchev–Trinajstić information content (AvgIpc) is 3.42. The largest absolute Gasteiger partial charge is 0.485 e. The molecule has 2 heterocycles. The van der Waals surface area contributed by atoms with E-state index >= 15 is 0 Å². The molecule has 30 heavy (non-hydrogen) atoms. The van der Waals surface area contributed by atoms with E-state index in [1.807, 2.05) is 60.3 Å². The summed E-state index contributed by atoms with van der Waals surface area (Å²) in [6, 6.07) is 21.4. The summed E-state index contributed by atoms with van der Waals surface area (Å²) in [4.78, 5) is 12.5. The minimum absolute atomic E-state index is 0.232. The number of nitrogens with zero attached hydrogens (tertiary/aromatic N) is 2. The maximum Gasteiger partial charge on any atom is 0.291 e. The Labute approximate surface area is 175 Å². The minimum atomic E-state index is -0.320. The van der Waals surface area contributed by atoms with E-state index in [0.29, 0.717) is 11.4 Å². The quantitative estimate of drug-likeness (QED) is 0.458. The van der Waals surface area contributed by atoms with Crippen molar-refractivity contribution in [3.05, 3.63) is 102 Å². The lowest BCUT2D eigenvalue weighted by Gasteiger charge is -2.06. The highest BCUT2D eigenvalue weighted by Gasteiger charge is 2.13. The van der Waals surface area contributed by atoms with E-state index in [1.54, 1.807) is 18.3 Å². The fraction of sp³-hybridized carbons (Fsp3) is 0.167. The normalized spacial score (nSPS) is 10.7. The van der Waals surface area contributed by atoms with Gasteiger partial charge in [-0.25, -0.2) is 0 Å². The van der Waals surface area contributed by atoms with Crippen LogP contribution in [-0.4, -0.2) is 15.7 Å². The van der Waals surface area contributed by atoms with Gasteiger partial charge in [-0.15, -0.1) is 0 Å². The van der Waals surface area contributed by atoms with Crippen molar-refractivity contribution in [1.82, 2.24) is 9.78 Å². The highest BCUT2D eigenvalue weighted by molar-refractivity contribution is 6.02. The SMILES string of the molecule is Cc1ccccc1OCc1ccc(C(=O)Nc2cnn(CCc3ccccc3)c2)o1. The molecule has 0 spiro atoms. The molecule has 6 nitrogen and oxygen atoms in total. The number of carbonyl (C=O) groups excluding carboxylic acids is 1. The van der Waals surface area contributed by atoms with E-state index in [2.05, 4.69) is 22.5 Å². The van der Waals surface area contributed by atoms with Gasteiger partial charge in [0.05, 0.1) is 11.9 Å². The molecule has 4 aromatic rings. The molecule has 0 atom stereocenters. The number of benzene rings is 2. The lowest BCUT2D eigenvalue weighted by atomic mass is 10.1. The summed E-state index contributed by atoms with van der Waals surface area (Å²) in [5, 5.41) is 7.12. The Kier molecular flexibility index (Phi) is 5.94. The number of aromatic nitrogens is 2. The van der Waals surface area contributed by atoms with E-state index in [-0.39, 0.29) is 18.3 Å². The van der Waals surface area contributed by atoms with Gasteiger partial charge < -0.3 is 14.5 Å². The molecule has 0 fully saturated rings. The van der Waals surface area contributed by atoms with Crippen molar-refractivity contribution in [2.75, 3.05) is 5.32 Å². The number of hydrogen-bond donors (Lipinski definition) is 1. The van der Waals surface area contributed by atoms with Gasteiger partial charge in [-0.2, -0.15) is 5.10 Å². The van der Waals surface area contributed by atoms with Gasteiger partial charge in [0.2, 0.25) is 0 Å². The number of rotatable bonds is 8. The number of anilines is 1. The molecule has 0 radical (unpaired) electrons. The van der Waals surface area contributed by atoms with Crippen LogP contribution in [-0.2, 0) is 19.6 Å². The van der Waals surface area contributed by atoms with E-state index in [1.165, 1.54) is 5.56 Å². The van der Waals surface area contributed by atoms with Gasteiger partial charge in [0.15, 0.2) is 5.76 Å². The number of carbonyl (C=O) groups is 1. The molecule has 4 rings (SSSR count). The second kappa shape index (κ2) is 9.13. The molecule has 2 aromatic heterocycles. The van der Waals surface area contributed by atoms with Crippen molar-refractivity contribution in [2.24, 2.45) is 0 Å². The first kappa shape index (κ1) is 19.5. The monoisotopic (exact) mass is 401 g/mol. The van der Waals surface area contributed by atoms with Crippen LogP contribution < -0.4 is 10.1 Å². The highest BCUT2D eigenvalue weighted by atomic mass is 16.5. The van der Waals surface area contributed by atoms with Crippen molar-refractivity contribution < 1.29 is 13.9 Å². The van der Waals surface area contributed by atoms with Crippen molar-refractivity contribution in [2.45, 2.75) is 26.5 Å². The molecule has 2 aromatic carbocycles. The first-order chi connectivity index (χ1) is 14.7. The van der Waals surface area contributed by atoms with Crippen molar-refractivity contribution in [1.29, 1.82) is 0 Å². The van der Waals surface area contributed by atoms with Crippen LogP contribution in [0.5, 0.6) is 5.75 Å².